The molecule has 0 amide bonds. The number of aromatic nitrogens is 4. The number of benzene rings is 6. The van der Waals surface area contributed by atoms with Gasteiger partial charge in [0.1, 0.15) is 11.7 Å². The van der Waals surface area contributed by atoms with E-state index in [-0.39, 0.29) is 73.3 Å². The van der Waals surface area contributed by atoms with Crippen molar-refractivity contribution in [3.05, 3.63) is 191 Å². The third-order valence-electron chi connectivity index (χ3n) is 17.4. The van der Waals surface area contributed by atoms with Crippen molar-refractivity contribution in [1.29, 1.82) is 0 Å². The largest absolute Gasteiger partial charge is 2.00 e. The van der Waals surface area contributed by atoms with Gasteiger partial charge < -0.3 is 4.57 Å². The average molecular weight is 1270 g/mol. The average Bonchev–Trinajstić information content (AvgIpc) is 4.20. The summed E-state index contributed by atoms with van der Waals surface area (Å²) in [5, 5.41) is 5.44. The predicted molar refractivity (Wildman–Crippen MR) is 241 cm³/mol. The normalized spacial score (nSPS) is 25.0. The molecule has 0 saturated heterocycles. The molecule has 0 radical (unpaired) electrons. The van der Waals surface area contributed by atoms with Crippen LogP contribution < -0.4 is 9.13 Å². The van der Waals surface area contributed by atoms with Crippen molar-refractivity contribution in [3.8, 4) is 33.8 Å². The van der Waals surface area contributed by atoms with E-state index >= 15 is 0 Å². The van der Waals surface area contributed by atoms with Crippen molar-refractivity contribution in [2.24, 2.45) is 11.8 Å². The van der Waals surface area contributed by atoms with Crippen LogP contribution >= 0.6 is 0 Å². The van der Waals surface area contributed by atoms with Gasteiger partial charge in [-0.3, -0.25) is 4.57 Å². The molecule has 2 spiro atoms. The molecule has 3 aliphatic heterocycles. The number of rotatable bonds is 0. The minimum absolute atomic E-state index is 0. The smallest absolute Gasteiger partial charge is 0.327 e. The first-order chi connectivity index (χ1) is 30.8. The monoisotopic (exact) mass is 1270 g/mol. The van der Waals surface area contributed by atoms with Crippen LogP contribution in [0.5, 0.6) is 0 Å². The van der Waals surface area contributed by atoms with Gasteiger partial charge in [-0.15, -0.1) is 23.3 Å². The SMILES string of the molecule is [U+2].[U+2].[c-]1ccc2c3c1-c1[c-]ccc4c1C3(C1CCCC21)[n+]1cccc2c3ccccc3n-4c21.[c-]1ccc2c3c1-c1[c-]ccc[n+]1C31c3c(ccc4c5ccccc5n-2c34)C2CCCC21. The van der Waals surface area contributed by atoms with Gasteiger partial charge >= 0.3 is 62.2 Å². The van der Waals surface area contributed by atoms with Crippen LogP contribution in [0.3, 0.4) is 0 Å². The molecule has 4 aromatic heterocycles. The molecule has 6 atom stereocenters. The molecule has 6 aromatic carbocycles. The molecular weight excluding hydrogens is 1230 g/mol. The molecule has 2 saturated carbocycles. The summed E-state index contributed by atoms with van der Waals surface area (Å²) in [5.41, 5.74) is 22.0. The van der Waals surface area contributed by atoms with E-state index in [1.807, 2.05) is 0 Å². The first-order valence-electron chi connectivity index (χ1n) is 22.9. The minimum Gasteiger partial charge on any atom is -0.327 e. The Bertz CT molecular complexity index is 3770. The van der Waals surface area contributed by atoms with Gasteiger partial charge in [-0.2, -0.15) is 48.0 Å². The fraction of sp³-hybridized carbons (Fsp3) is 0.207. The molecule has 0 N–H and O–H groups in total. The van der Waals surface area contributed by atoms with Crippen LogP contribution in [0.1, 0.15) is 83.7 Å². The summed E-state index contributed by atoms with van der Waals surface area (Å²) >= 11 is 0. The van der Waals surface area contributed by atoms with E-state index < -0.39 is 0 Å². The van der Waals surface area contributed by atoms with Crippen molar-refractivity contribution in [2.75, 3.05) is 0 Å². The molecule has 4 nitrogen and oxygen atoms in total. The summed E-state index contributed by atoms with van der Waals surface area (Å²) in [5.74, 6) is 2.51. The van der Waals surface area contributed by atoms with Crippen molar-refractivity contribution in [3.63, 3.8) is 0 Å². The van der Waals surface area contributed by atoms with Gasteiger partial charge in [0.25, 0.3) is 5.65 Å². The maximum Gasteiger partial charge on any atom is 2.00 e. The quantitative estimate of drug-likeness (QED) is 0.106. The molecule has 296 valence electrons. The van der Waals surface area contributed by atoms with Crippen LogP contribution in [-0.2, 0) is 11.1 Å². The second-order valence-electron chi connectivity index (χ2n) is 19.3. The van der Waals surface area contributed by atoms with E-state index in [9.17, 15) is 0 Å². The molecule has 10 aromatic rings. The molecule has 5 aliphatic carbocycles. The summed E-state index contributed by atoms with van der Waals surface area (Å²) < 4.78 is 10.3. The third kappa shape index (κ3) is 3.85. The Morgan fingerprint density at radius 3 is 1.84 bits per heavy atom. The number of para-hydroxylation sites is 2. The first kappa shape index (κ1) is 37.5. The van der Waals surface area contributed by atoms with Gasteiger partial charge in [0, 0.05) is 39.0 Å². The zero-order valence-corrected chi connectivity index (χ0v) is 43.4. The Morgan fingerprint density at radius 2 is 1.06 bits per heavy atom. The van der Waals surface area contributed by atoms with Gasteiger partial charge in [0.05, 0.1) is 28.2 Å². The number of pyridine rings is 2. The van der Waals surface area contributed by atoms with Crippen LogP contribution in [0.15, 0.2) is 134 Å². The second kappa shape index (κ2) is 12.6. The fourth-order valence-corrected chi connectivity index (χ4v) is 15.8. The predicted octanol–water partition coefficient (Wildman–Crippen LogP) is 11.3. The molecular formula is C58H38N4U2+2. The van der Waals surface area contributed by atoms with Crippen LogP contribution in [-0.4, -0.2) is 9.13 Å². The summed E-state index contributed by atoms with van der Waals surface area (Å²) in [4.78, 5) is 0. The van der Waals surface area contributed by atoms with E-state index in [1.165, 1.54) is 133 Å². The van der Waals surface area contributed by atoms with Crippen LogP contribution in [0.25, 0.3) is 77.5 Å². The Hall–Kier alpha value is -4.68. The van der Waals surface area contributed by atoms with Gasteiger partial charge in [-0.25, -0.2) is 26.3 Å². The van der Waals surface area contributed by atoms with Crippen molar-refractivity contribution in [2.45, 2.75) is 61.4 Å². The van der Waals surface area contributed by atoms with Crippen LogP contribution in [0.2, 0.25) is 0 Å². The molecule has 2 fully saturated rings. The van der Waals surface area contributed by atoms with Crippen molar-refractivity contribution >= 4 is 43.7 Å². The number of hydrogen-bond donors (Lipinski definition) is 0. The van der Waals surface area contributed by atoms with E-state index in [4.69, 9.17) is 0 Å². The Kier molecular flexibility index (Phi) is 7.39. The van der Waals surface area contributed by atoms with Gasteiger partial charge in [-0.1, -0.05) is 78.6 Å². The maximum atomic E-state index is 3.66. The fourth-order valence-electron chi connectivity index (χ4n) is 15.8. The van der Waals surface area contributed by atoms with E-state index in [1.54, 1.807) is 16.7 Å². The number of nitrogens with zero attached hydrogens (tertiary/aromatic N) is 4. The Labute approximate surface area is 418 Å². The van der Waals surface area contributed by atoms with Crippen LogP contribution in [0.4, 0.5) is 0 Å². The summed E-state index contributed by atoms with van der Waals surface area (Å²) in [6, 6.07) is 59.4. The topological polar surface area (TPSA) is 17.6 Å². The third-order valence-corrected chi connectivity index (χ3v) is 17.4. The first-order valence-corrected chi connectivity index (χ1v) is 22.9. The minimum atomic E-state index is -0.115. The van der Waals surface area contributed by atoms with E-state index in [2.05, 4.69) is 176 Å². The molecule has 64 heavy (non-hydrogen) atoms. The van der Waals surface area contributed by atoms with Gasteiger partial charge in [-0.05, 0) is 85.0 Å². The zero-order valence-electron chi connectivity index (χ0n) is 35.0. The second-order valence-corrected chi connectivity index (χ2v) is 19.3. The van der Waals surface area contributed by atoms with E-state index in [0.717, 1.165) is 0 Å². The Morgan fingerprint density at radius 1 is 0.469 bits per heavy atom. The molecule has 6 heteroatoms. The van der Waals surface area contributed by atoms with Crippen LogP contribution in [0, 0.1) is 98.3 Å². The molecule has 18 rings (SSSR count). The summed E-state index contributed by atoms with van der Waals surface area (Å²) in [6.45, 7) is 0. The molecule has 8 aliphatic rings. The zero-order chi connectivity index (χ0) is 39.8. The van der Waals surface area contributed by atoms with E-state index in [0.29, 0.717) is 23.7 Å². The summed E-state index contributed by atoms with van der Waals surface area (Å²) in [6.07, 6.45) is 12.5. The van der Waals surface area contributed by atoms with Gasteiger partial charge in [0.15, 0.2) is 5.54 Å². The molecule has 6 unspecified atom stereocenters. The molecule has 0 bridgehead atoms. The maximum absolute atomic E-state index is 3.66. The standard InChI is InChI=1S/2C29H19N2.2U/c1-2-14-24-18(7-1)22-12-6-16-30-28(22)31(24)25-15-5-11-21-20-10-3-9-19-17-8-4-13-23(17)29(30,26(19)20)27(21)25;1-2-12-24-18(7-1)20-15-14-19-17-8-5-10-22(17)29-26-21(23-11-3-4-16-30(23)29)9-6-13-25(26)31(24)28(20)27(19)29;;/h1-3,5-7,9,12,14-17,23H,4,8,13H2;1-4,6-7,12-17,22H,5,8,10H2;;/q2*-1;2*+2. The number of hydrogen-bond acceptors (Lipinski definition) is 0. The summed E-state index contributed by atoms with van der Waals surface area (Å²) in [7, 11) is 0. The molecule has 7 heterocycles. The van der Waals surface area contributed by atoms with Gasteiger partial charge in [0.2, 0.25) is 0 Å². The van der Waals surface area contributed by atoms with Crippen molar-refractivity contribution in [1.82, 2.24) is 9.13 Å². The Balaban J connectivity index is 0.000000115. The van der Waals surface area contributed by atoms with Crippen molar-refractivity contribution < 1.29 is 71.4 Å². The number of fused-ring (bicyclic) bond motifs is 15.